The van der Waals surface area contributed by atoms with Gasteiger partial charge in [-0.3, -0.25) is 14.6 Å². The van der Waals surface area contributed by atoms with Crippen molar-refractivity contribution in [2.24, 2.45) is 5.92 Å². The average molecular weight is 478 g/mol. The number of carbonyl (C=O) groups excluding carboxylic acids is 2. The molecule has 0 aromatic carbocycles. The van der Waals surface area contributed by atoms with Gasteiger partial charge >= 0.3 is 0 Å². The highest BCUT2D eigenvalue weighted by Crippen LogP contribution is 2.24. The second-order valence-electron chi connectivity index (χ2n) is 6.75. The third-order valence-corrected chi connectivity index (χ3v) is 5.73. The van der Waals surface area contributed by atoms with Gasteiger partial charge in [0.15, 0.2) is 0 Å². The monoisotopic (exact) mass is 477 g/mol. The number of likely N-dealkylation sites (N-methyl/N-ethyl adjacent to an activating group) is 1. The predicted molar refractivity (Wildman–Crippen MR) is 112 cm³/mol. The normalized spacial score (nSPS) is 12.0. The molecule has 3 heterocycles. The van der Waals surface area contributed by atoms with E-state index >= 15 is 0 Å². The van der Waals surface area contributed by atoms with Crippen molar-refractivity contribution < 1.29 is 14.1 Å². The first-order chi connectivity index (χ1) is 13.8. The van der Waals surface area contributed by atoms with Crippen molar-refractivity contribution in [1.82, 2.24) is 25.3 Å². The van der Waals surface area contributed by atoms with E-state index in [9.17, 15) is 9.59 Å². The van der Waals surface area contributed by atoms with Gasteiger partial charge in [-0.1, -0.05) is 19.0 Å². The number of aromatic nitrogens is 3. The van der Waals surface area contributed by atoms with Gasteiger partial charge in [-0.2, -0.15) is 4.98 Å². The molecule has 1 unspecified atom stereocenters. The summed E-state index contributed by atoms with van der Waals surface area (Å²) >= 11 is 4.66. The van der Waals surface area contributed by atoms with E-state index < -0.39 is 6.04 Å². The Balaban J connectivity index is 1.67. The van der Waals surface area contributed by atoms with Crippen molar-refractivity contribution in [3.8, 4) is 11.4 Å². The predicted octanol–water partition coefficient (Wildman–Crippen LogP) is 3.54. The molecule has 3 aromatic heterocycles. The topological polar surface area (TPSA) is 101 Å². The SMILES string of the molecule is CC(C)C(NC(=O)CN(C)C(=O)c1ccc(Br)s1)c1nc(-c2cccnc2)no1. The number of carbonyl (C=O) groups is 2. The number of rotatable bonds is 7. The zero-order valence-corrected chi connectivity index (χ0v) is 18.5. The third kappa shape index (κ3) is 5.27. The van der Waals surface area contributed by atoms with Gasteiger partial charge in [-0.25, -0.2) is 0 Å². The Morgan fingerprint density at radius 1 is 1.31 bits per heavy atom. The summed E-state index contributed by atoms with van der Waals surface area (Å²) < 4.78 is 6.24. The minimum absolute atomic E-state index is 0.00964. The number of thiophene rings is 1. The molecule has 0 fully saturated rings. The summed E-state index contributed by atoms with van der Waals surface area (Å²) in [6.07, 6.45) is 3.30. The maximum absolute atomic E-state index is 12.5. The Morgan fingerprint density at radius 2 is 2.10 bits per heavy atom. The van der Waals surface area contributed by atoms with Crippen molar-refractivity contribution in [3.63, 3.8) is 0 Å². The van der Waals surface area contributed by atoms with E-state index in [0.717, 1.165) is 9.35 Å². The smallest absolute Gasteiger partial charge is 0.264 e. The molecule has 0 aliphatic carbocycles. The Bertz CT molecular complexity index is 989. The van der Waals surface area contributed by atoms with E-state index in [1.54, 1.807) is 37.6 Å². The number of hydrogen-bond acceptors (Lipinski definition) is 7. The van der Waals surface area contributed by atoms with Crippen molar-refractivity contribution in [2.75, 3.05) is 13.6 Å². The number of hydrogen-bond donors (Lipinski definition) is 1. The number of amides is 2. The molecule has 0 radical (unpaired) electrons. The first-order valence-corrected chi connectivity index (χ1v) is 10.5. The van der Waals surface area contributed by atoms with E-state index in [0.29, 0.717) is 16.6 Å². The molecule has 3 aromatic rings. The molecule has 152 valence electrons. The van der Waals surface area contributed by atoms with E-state index in [-0.39, 0.29) is 24.3 Å². The number of nitrogens with zero attached hydrogens (tertiary/aromatic N) is 4. The van der Waals surface area contributed by atoms with Gasteiger partial charge in [0, 0.05) is 25.0 Å². The van der Waals surface area contributed by atoms with Gasteiger partial charge in [-0.05, 0) is 46.1 Å². The van der Waals surface area contributed by atoms with Crippen molar-refractivity contribution in [2.45, 2.75) is 19.9 Å². The largest absolute Gasteiger partial charge is 0.342 e. The van der Waals surface area contributed by atoms with Crippen LogP contribution in [0.4, 0.5) is 0 Å². The molecule has 1 N–H and O–H groups in total. The van der Waals surface area contributed by atoms with Gasteiger partial charge < -0.3 is 14.7 Å². The molecular weight excluding hydrogens is 458 g/mol. The molecule has 0 aliphatic heterocycles. The van der Waals surface area contributed by atoms with Gasteiger partial charge in [-0.15, -0.1) is 11.3 Å². The Labute approximate surface area is 180 Å². The Hall–Kier alpha value is -2.59. The average Bonchev–Trinajstić information content (AvgIpc) is 3.35. The van der Waals surface area contributed by atoms with Crippen molar-refractivity contribution >= 4 is 39.1 Å². The van der Waals surface area contributed by atoms with Gasteiger partial charge in [0.25, 0.3) is 5.91 Å². The highest BCUT2D eigenvalue weighted by molar-refractivity contribution is 9.11. The molecule has 0 saturated carbocycles. The van der Waals surface area contributed by atoms with Crippen LogP contribution in [0, 0.1) is 5.92 Å². The second-order valence-corrected chi connectivity index (χ2v) is 9.22. The third-order valence-electron chi connectivity index (χ3n) is 4.12. The summed E-state index contributed by atoms with van der Waals surface area (Å²) in [5.74, 6) is 0.201. The van der Waals surface area contributed by atoms with Crippen LogP contribution >= 0.6 is 27.3 Å². The number of halogens is 1. The summed E-state index contributed by atoms with van der Waals surface area (Å²) in [6.45, 7) is 3.80. The van der Waals surface area contributed by atoms with E-state index in [1.165, 1.54) is 16.2 Å². The summed E-state index contributed by atoms with van der Waals surface area (Å²) in [4.78, 5) is 35.4. The molecule has 0 aliphatic rings. The van der Waals surface area contributed by atoms with Crippen LogP contribution in [0.2, 0.25) is 0 Å². The lowest BCUT2D eigenvalue weighted by Gasteiger charge is -2.21. The molecule has 2 amide bonds. The molecule has 29 heavy (non-hydrogen) atoms. The highest BCUT2D eigenvalue weighted by Gasteiger charge is 2.26. The maximum Gasteiger partial charge on any atom is 0.264 e. The Kier molecular flexibility index (Phi) is 6.75. The van der Waals surface area contributed by atoms with Crippen LogP contribution in [0.25, 0.3) is 11.4 Å². The summed E-state index contributed by atoms with van der Waals surface area (Å²) in [5.41, 5.74) is 0.726. The summed E-state index contributed by atoms with van der Waals surface area (Å²) in [6, 6.07) is 6.66. The molecule has 3 rings (SSSR count). The summed E-state index contributed by atoms with van der Waals surface area (Å²) in [5, 5.41) is 6.87. The van der Waals surface area contributed by atoms with E-state index in [1.807, 2.05) is 19.9 Å². The van der Waals surface area contributed by atoms with Crippen LogP contribution in [0.5, 0.6) is 0 Å². The van der Waals surface area contributed by atoms with Crippen LogP contribution in [0.15, 0.2) is 45.0 Å². The molecule has 1 atom stereocenters. The first kappa shape index (κ1) is 21.1. The second kappa shape index (κ2) is 9.27. The lowest BCUT2D eigenvalue weighted by molar-refractivity contribution is -0.122. The van der Waals surface area contributed by atoms with Crippen molar-refractivity contribution in [1.29, 1.82) is 0 Å². The zero-order chi connectivity index (χ0) is 21.0. The first-order valence-electron chi connectivity index (χ1n) is 8.89. The quantitative estimate of drug-likeness (QED) is 0.558. The molecule has 0 spiro atoms. The van der Waals surface area contributed by atoms with Gasteiger partial charge in [0.1, 0.15) is 6.04 Å². The number of nitrogens with one attached hydrogen (secondary N) is 1. The zero-order valence-electron chi connectivity index (χ0n) is 16.1. The fraction of sp³-hybridized carbons (Fsp3) is 0.316. The lowest BCUT2D eigenvalue weighted by atomic mass is 10.0. The lowest BCUT2D eigenvalue weighted by Crippen LogP contribution is -2.41. The van der Waals surface area contributed by atoms with Gasteiger partial charge in [0.05, 0.1) is 15.2 Å². The Morgan fingerprint density at radius 3 is 2.72 bits per heavy atom. The fourth-order valence-corrected chi connectivity index (χ4v) is 3.99. The van der Waals surface area contributed by atoms with Crippen LogP contribution in [0.3, 0.4) is 0 Å². The number of pyridine rings is 1. The standard InChI is InChI=1S/C19H20BrN5O3S/c1-11(2)16(18-23-17(24-28-18)12-5-4-8-21-9-12)22-15(26)10-25(3)19(27)13-6-7-14(20)29-13/h4-9,11,16H,10H2,1-3H3,(H,22,26). The minimum atomic E-state index is -0.472. The van der Waals surface area contributed by atoms with Gasteiger partial charge in [0.2, 0.25) is 17.6 Å². The highest BCUT2D eigenvalue weighted by atomic mass is 79.9. The molecule has 0 saturated heterocycles. The van der Waals surface area contributed by atoms with Crippen LogP contribution in [0.1, 0.15) is 35.5 Å². The molecule has 8 nitrogen and oxygen atoms in total. The van der Waals surface area contributed by atoms with Crippen LogP contribution < -0.4 is 5.32 Å². The van der Waals surface area contributed by atoms with Crippen LogP contribution in [-0.4, -0.2) is 45.4 Å². The van der Waals surface area contributed by atoms with Crippen LogP contribution in [-0.2, 0) is 4.79 Å². The van der Waals surface area contributed by atoms with E-state index in [2.05, 4.69) is 36.4 Å². The molecular formula is C19H20BrN5O3S. The fourth-order valence-electron chi connectivity index (χ4n) is 2.61. The van der Waals surface area contributed by atoms with Crippen molar-refractivity contribution in [3.05, 3.63) is 51.2 Å². The molecule has 10 heteroatoms. The minimum Gasteiger partial charge on any atom is -0.342 e. The maximum atomic E-state index is 12.5. The summed E-state index contributed by atoms with van der Waals surface area (Å²) in [7, 11) is 1.59. The van der Waals surface area contributed by atoms with E-state index in [4.69, 9.17) is 4.52 Å². The molecule has 0 bridgehead atoms.